The minimum atomic E-state index is -3.68. The molecule has 1 fully saturated rings. The second-order valence-corrected chi connectivity index (χ2v) is 9.67. The van der Waals surface area contributed by atoms with Crippen molar-refractivity contribution in [3.05, 3.63) is 58.1 Å². The average molecular weight is 493 g/mol. The summed E-state index contributed by atoms with van der Waals surface area (Å²) in [5, 5.41) is 0. The van der Waals surface area contributed by atoms with E-state index in [2.05, 4.69) is 20.3 Å². The van der Waals surface area contributed by atoms with Crippen molar-refractivity contribution in [2.45, 2.75) is 24.3 Å². The first-order chi connectivity index (χ1) is 14.4. The number of benzene rings is 2. The largest absolute Gasteiger partial charge is 0.496 e. The van der Waals surface area contributed by atoms with Gasteiger partial charge >= 0.3 is 5.97 Å². The fourth-order valence-electron chi connectivity index (χ4n) is 3.75. The number of hydrogen-bond acceptors (Lipinski definition) is 6. The number of amidine groups is 1. The quantitative estimate of drug-likeness (QED) is 0.608. The van der Waals surface area contributed by atoms with Gasteiger partial charge in [-0.3, -0.25) is 4.79 Å². The van der Waals surface area contributed by atoms with Gasteiger partial charge in [-0.2, -0.15) is 8.42 Å². The summed E-state index contributed by atoms with van der Waals surface area (Å²) in [6.07, 6.45) is 1.46. The summed E-state index contributed by atoms with van der Waals surface area (Å²) in [4.78, 5) is 14.8. The number of carbonyl (C=O) groups is 1. The number of halogens is 1. The van der Waals surface area contributed by atoms with Crippen LogP contribution in [0.4, 0.5) is 0 Å². The number of rotatable bonds is 4. The van der Waals surface area contributed by atoms with Gasteiger partial charge in [0.15, 0.2) is 5.84 Å². The number of likely N-dealkylation sites (tertiary alicyclic amines) is 1. The van der Waals surface area contributed by atoms with Gasteiger partial charge in [-0.05, 0) is 58.6 Å². The molecule has 2 heterocycles. The normalized spacial score (nSPS) is 19.7. The Morgan fingerprint density at radius 2 is 2.07 bits per heavy atom. The third-order valence-electron chi connectivity index (χ3n) is 5.26. The summed E-state index contributed by atoms with van der Waals surface area (Å²) in [6, 6.07) is 12.3. The fraction of sp³-hybridized carbons (Fsp3) is 0.333. The standard InChI is InChI=1S/C21H21BrN2O5S/c1-28-18-9-8-14(11-17(18)22)13-29-21(25)15-5-4-10-24(12-15)20-16-6-2-3-7-19(16)30(26,27)23-20/h2-3,6-9,11,15H,4-5,10,12-13H2,1H3. The molecule has 2 aromatic rings. The number of esters is 1. The monoisotopic (exact) mass is 492 g/mol. The Hall–Kier alpha value is -2.39. The molecule has 30 heavy (non-hydrogen) atoms. The molecule has 2 aliphatic rings. The number of hydrogen-bond donors (Lipinski definition) is 0. The molecular formula is C21H21BrN2O5S. The highest BCUT2D eigenvalue weighted by atomic mass is 79.9. The van der Waals surface area contributed by atoms with Gasteiger partial charge in [-0.1, -0.05) is 18.2 Å². The number of piperidine rings is 1. The molecule has 1 unspecified atom stereocenters. The number of fused-ring (bicyclic) bond motifs is 1. The highest BCUT2D eigenvalue weighted by Gasteiger charge is 2.35. The maximum atomic E-state index is 12.7. The molecule has 7 nitrogen and oxygen atoms in total. The predicted octanol–water partition coefficient (Wildman–Crippen LogP) is 3.36. The van der Waals surface area contributed by atoms with E-state index in [1.807, 2.05) is 23.1 Å². The summed E-state index contributed by atoms with van der Waals surface area (Å²) >= 11 is 3.42. The topological polar surface area (TPSA) is 85.3 Å². The Balaban J connectivity index is 1.43. The highest BCUT2D eigenvalue weighted by Crippen LogP contribution is 2.30. The molecule has 1 atom stereocenters. The summed E-state index contributed by atoms with van der Waals surface area (Å²) < 4.78 is 40.2. The van der Waals surface area contributed by atoms with E-state index in [1.165, 1.54) is 0 Å². The Morgan fingerprint density at radius 3 is 2.83 bits per heavy atom. The van der Waals surface area contributed by atoms with Gasteiger partial charge in [0.2, 0.25) is 0 Å². The third kappa shape index (κ3) is 4.09. The van der Waals surface area contributed by atoms with Gasteiger partial charge in [-0.25, -0.2) is 0 Å². The molecule has 0 spiro atoms. The van der Waals surface area contributed by atoms with Crippen LogP contribution in [0, 0.1) is 5.92 Å². The molecule has 0 N–H and O–H groups in total. The molecule has 2 aromatic carbocycles. The maximum Gasteiger partial charge on any atom is 0.311 e. The summed E-state index contributed by atoms with van der Waals surface area (Å²) in [7, 11) is -2.09. The molecule has 0 aromatic heterocycles. The van der Waals surface area contributed by atoms with Crippen LogP contribution in [0.25, 0.3) is 0 Å². The first kappa shape index (κ1) is 20.9. The third-order valence-corrected chi connectivity index (χ3v) is 7.21. The zero-order valence-electron chi connectivity index (χ0n) is 16.4. The van der Waals surface area contributed by atoms with E-state index in [4.69, 9.17) is 9.47 Å². The van der Waals surface area contributed by atoms with Crippen LogP contribution in [0.3, 0.4) is 0 Å². The van der Waals surface area contributed by atoms with E-state index in [9.17, 15) is 13.2 Å². The first-order valence-electron chi connectivity index (χ1n) is 9.57. The molecule has 0 amide bonds. The molecule has 158 valence electrons. The van der Waals surface area contributed by atoms with Crippen molar-refractivity contribution in [2.24, 2.45) is 10.3 Å². The Bertz CT molecular complexity index is 1120. The van der Waals surface area contributed by atoms with Gasteiger partial charge in [0.1, 0.15) is 17.3 Å². The lowest BCUT2D eigenvalue weighted by molar-refractivity contribution is -0.151. The van der Waals surface area contributed by atoms with Crippen molar-refractivity contribution < 1.29 is 22.7 Å². The fourth-order valence-corrected chi connectivity index (χ4v) is 5.57. The van der Waals surface area contributed by atoms with E-state index in [0.29, 0.717) is 36.7 Å². The minimum absolute atomic E-state index is 0.163. The van der Waals surface area contributed by atoms with E-state index < -0.39 is 10.0 Å². The highest BCUT2D eigenvalue weighted by molar-refractivity contribution is 9.10. The Kier molecular flexibility index (Phi) is 5.84. The number of nitrogens with zero attached hydrogens (tertiary/aromatic N) is 2. The van der Waals surface area contributed by atoms with Gasteiger partial charge < -0.3 is 14.4 Å². The van der Waals surface area contributed by atoms with Gasteiger partial charge in [0, 0.05) is 18.7 Å². The zero-order chi connectivity index (χ0) is 21.3. The van der Waals surface area contributed by atoms with Crippen LogP contribution < -0.4 is 4.74 Å². The van der Waals surface area contributed by atoms with Gasteiger partial charge in [0.05, 0.1) is 17.5 Å². The molecule has 4 rings (SSSR count). The van der Waals surface area contributed by atoms with Crippen LogP contribution in [0.2, 0.25) is 0 Å². The van der Waals surface area contributed by atoms with Crippen LogP contribution in [-0.2, 0) is 26.2 Å². The predicted molar refractivity (Wildman–Crippen MR) is 115 cm³/mol. The van der Waals surface area contributed by atoms with Crippen LogP contribution in [0.1, 0.15) is 24.0 Å². The van der Waals surface area contributed by atoms with Crippen molar-refractivity contribution >= 4 is 37.8 Å². The Labute approximate surface area is 183 Å². The van der Waals surface area contributed by atoms with Crippen molar-refractivity contribution in [1.29, 1.82) is 0 Å². The van der Waals surface area contributed by atoms with Crippen LogP contribution >= 0.6 is 15.9 Å². The lowest BCUT2D eigenvalue weighted by Crippen LogP contribution is -2.42. The van der Waals surface area contributed by atoms with Crippen molar-refractivity contribution in [3.8, 4) is 5.75 Å². The first-order valence-corrected chi connectivity index (χ1v) is 11.8. The van der Waals surface area contributed by atoms with Crippen LogP contribution in [0.15, 0.2) is 56.2 Å². The summed E-state index contributed by atoms with van der Waals surface area (Å²) in [5.74, 6) is 0.503. The lowest BCUT2D eigenvalue weighted by atomic mass is 9.97. The van der Waals surface area contributed by atoms with Crippen LogP contribution in [-0.4, -0.2) is 45.3 Å². The van der Waals surface area contributed by atoms with Crippen molar-refractivity contribution in [2.75, 3.05) is 20.2 Å². The minimum Gasteiger partial charge on any atom is -0.496 e. The summed E-state index contributed by atoms with van der Waals surface area (Å²) in [5.41, 5.74) is 1.44. The van der Waals surface area contributed by atoms with E-state index in [-0.39, 0.29) is 23.4 Å². The molecule has 1 saturated heterocycles. The zero-order valence-corrected chi connectivity index (χ0v) is 18.8. The van der Waals surface area contributed by atoms with Crippen molar-refractivity contribution in [1.82, 2.24) is 4.90 Å². The Morgan fingerprint density at radius 1 is 1.27 bits per heavy atom. The number of carbonyl (C=O) groups excluding carboxylic acids is 1. The molecule has 9 heteroatoms. The van der Waals surface area contributed by atoms with E-state index >= 15 is 0 Å². The van der Waals surface area contributed by atoms with E-state index in [0.717, 1.165) is 16.5 Å². The maximum absolute atomic E-state index is 12.7. The SMILES string of the molecule is COc1ccc(COC(=O)C2CCCN(C3=NS(=O)(=O)c4ccccc43)C2)cc1Br. The van der Waals surface area contributed by atoms with Crippen molar-refractivity contribution in [3.63, 3.8) is 0 Å². The molecular weight excluding hydrogens is 472 g/mol. The van der Waals surface area contributed by atoms with Crippen LogP contribution in [0.5, 0.6) is 5.75 Å². The number of ether oxygens (including phenoxy) is 2. The van der Waals surface area contributed by atoms with E-state index in [1.54, 1.807) is 31.4 Å². The van der Waals surface area contributed by atoms with Gasteiger partial charge in [-0.15, -0.1) is 4.40 Å². The van der Waals surface area contributed by atoms with Gasteiger partial charge in [0.25, 0.3) is 10.0 Å². The lowest BCUT2D eigenvalue weighted by Gasteiger charge is -2.32. The molecule has 0 bridgehead atoms. The number of sulfonamides is 1. The molecule has 0 aliphatic carbocycles. The molecule has 0 radical (unpaired) electrons. The second kappa shape index (κ2) is 8.39. The summed E-state index contributed by atoms with van der Waals surface area (Å²) in [6.45, 7) is 1.20. The average Bonchev–Trinajstić information content (AvgIpc) is 3.03. The molecule has 2 aliphatic heterocycles. The second-order valence-electron chi connectivity index (χ2n) is 7.25. The smallest absolute Gasteiger partial charge is 0.311 e. The molecule has 0 saturated carbocycles. The number of methoxy groups -OCH3 is 1.